The predicted octanol–water partition coefficient (Wildman–Crippen LogP) is 3.07. The Kier molecular flexibility index (Phi) is 3.20. The molecule has 0 aliphatic heterocycles. The quantitative estimate of drug-likeness (QED) is 0.743. The van der Waals surface area contributed by atoms with Crippen molar-refractivity contribution in [3.05, 3.63) is 41.7 Å². The first-order valence-corrected chi connectivity index (χ1v) is 6.33. The van der Waals surface area contributed by atoms with Crippen molar-refractivity contribution < 1.29 is 9.47 Å². The fourth-order valence-electron chi connectivity index (χ4n) is 2.04. The summed E-state index contributed by atoms with van der Waals surface area (Å²) in [5.74, 6) is 1.33. The van der Waals surface area contributed by atoms with E-state index < -0.39 is 0 Å². The molecule has 0 aliphatic carbocycles. The van der Waals surface area contributed by atoms with Gasteiger partial charge in [0.05, 0.1) is 26.1 Å². The highest BCUT2D eigenvalue weighted by atomic mass is 35.5. The first kappa shape index (κ1) is 12.7. The van der Waals surface area contributed by atoms with Crippen molar-refractivity contribution in [2.75, 3.05) is 14.2 Å². The average Bonchev–Trinajstić information content (AvgIpc) is 2.89. The number of methoxy groups -OCH3 is 2. The maximum atomic E-state index is 5.94. The summed E-state index contributed by atoms with van der Waals surface area (Å²) in [6.07, 6.45) is 1.75. The van der Waals surface area contributed by atoms with Gasteiger partial charge in [-0.15, -0.1) is 0 Å². The smallest absolute Gasteiger partial charge is 0.161 e. The topological polar surface area (TPSA) is 48.7 Å². The van der Waals surface area contributed by atoms with Gasteiger partial charge in [0.25, 0.3) is 0 Å². The Morgan fingerprint density at radius 2 is 1.85 bits per heavy atom. The zero-order valence-corrected chi connectivity index (χ0v) is 11.8. The Labute approximate surface area is 120 Å². The van der Waals surface area contributed by atoms with Crippen molar-refractivity contribution in [1.82, 2.24) is 14.6 Å². The van der Waals surface area contributed by atoms with Crippen LogP contribution in [0.5, 0.6) is 11.5 Å². The Morgan fingerprint density at radius 1 is 1.05 bits per heavy atom. The second-order valence-electron chi connectivity index (χ2n) is 4.14. The summed E-state index contributed by atoms with van der Waals surface area (Å²) in [4.78, 5) is 4.30. The van der Waals surface area contributed by atoms with E-state index in [4.69, 9.17) is 21.1 Å². The molecule has 2 aromatic heterocycles. The van der Waals surface area contributed by atoms with Gasteiger partial charge in [0.15, 0.2) is 17.1 Å². The summed E-state index contributed by atoms with van der Waals surface area (Å²) in [6.45, 7) is 0. The molecular formula is C14H12ClN3O2. The number of halogens is 1. The fraction of sp³-hybridized carbons (Fsp3) is 0.143. The monoisotopic (exact) mass is 289 g/mol. The number of hydrogen-bond acceptors (Lipinski definition) is 4. The predicted molar refractivity (Wildman–Crippen MR) is 76.5 cm³/mol. The molecule has 6 heteroatoms. The van der Waals surface area contributed by atoms with Crippen molar-refractivity contribution in [2.45, 2.75) is 0 Å². The molecular weight excluding hydrogens is 278 g/mol. The van der Waals surface area contributed by atoms with Gasteiger partial charge in [0, 0.05) is 5.56 Å². The highest BCUT2D eigenvalue weighted by molar-refractivity contribution is 6.29. The van der Waals surface area contributed by atoms with E-state index in [1.165, 1.54) is 0 Å². The lowest BCUT2D eigenvalue weighted by atomic mass is 10.1. The third-order valence-electron chi connectivity index (χ3n) is 3.01. The van der Waals surface area contributed by atoms with Crippen LogP contribution in [0.2, 0.25) is 5.15 Å². The van der Waals surface area contributed by atoms with Gasteiger partial charge in [0.2, 0.25) is 0 Å². The van der Waals surface area contributed by atoms with Gasteiger partial charge in [-0.05, 0) is 30.3 Å². The molecule has 1 aromatic carbocycles. The number of ether oxygens (including phenoxy) is 2. The zero-order valence-electron chi connectivity index (χ0n) is 11.0. The Morgan fingerprint density at radius 3 is 2.60 bits per heavy atom. The largest absolute Gasteiger partial charge is 0.493 e. The van der Waals surface area contributed by atoms with Gasteiger partial charge in [-0.3, -0.25) is 0 Å². The molecule has 0 saturated heterocycles. The average molecular weight is 290 g/mol. The minimum Gasteiger partial charge on any atom is -0.493 e. The maximum Gasteiger partial charge on any atom is 0.161 e. The van der Waals surface area contributed by atoms with Crippen LogP contribution in [0.25, 0.3) is 16.9 Å². The van der Waals surface area contributed by atoms with E-state index in [0.29, 0.717) is 16.7 Å². The molecule has 0 atom stereocenters. The van der Waals surface area contributed by atoms with Crippen LogP contribution in [0.1, 0.15) is 0 Å². The lowest BCUT2D eigenvalue weighted by Crippen LogP contribution is -1.95. The molecule has 0 saturated carbocycles. The second-order valence-corrected chi connectivity index (χ2v) is 4.53. The minimum absolute atomic E-state index is 0.414. The standard InChI is InChI=1S/C14H12ClN3O2/c1-19-11-4-3-9(7-12(11)20-2)10-8-16-14-6-5-13(15)17-18(10)14/h3-8H,1-2H3. The maximum absolute atomic E-state index is 5.94. The lowest BCUT2D eigenvalue weighted by molar-refractivity contribution is 0.355. The number of fused-ring (bicyclic) bond motifs is 1. The molecule has 0 bridgehead atoms. The summed E-state index contributed by atoms with van der Waals surface area (Å²) < 4.78 is 12.2. The van der Waals surface area contributed by atoms with E-state index in [-0.39, 0.29) is 0 Å². The third kappa shape index (κ3) is 2.06. The van der Waals surface area contributed by atoms with Gasteiger partial charge in [-0.1, -0.05) is 11.6 Å². The second kappa shape index (κ2) is 5.02. The lowest BCUT2D eigenvalue weighted by Gasteiger charge is -2.09. The molecule has 102 valence electrons. The van der Waals surface area contributed by atoms with Crippen LogP contribution >= 0.6 is 11.6 Å². The fourth-order valence-corrected chi connectivity index (χ4v) is 2.18. The minimum atomic E-state index is 0.414. The number of aromatic nitrogens is 3. The van der Waals surface area contributed by atoms with Crippen molar-refractivity contribution in [3.8, 4) is 22.8 Å². The molecule has 0 aliphatic rings. The summed E-state index contributed by atoms with van der Waals surface area (Å²) >= 11 is 5.94. The number of rotatable bonds is 3. The Balaban J connectivity index is 2.18. The van der Waals surface area contributed by atoms with Crippen LogP contribution in [0.3, 0.4) is 0 Å². The highest BCUT2D eigenvalue weighted by Gasteiger charge is 2.11. The molecule has 20 heavy (non-hydrogen) atoms. The van der Waals surface area contributed by atoms with Gasteiger partial charge >= 0.3 is 0 Å². The van der Waals surface area contributed by atoms with Gasteiger partial charge in [0.1, 0.15) is 5.15 Å². The van der Waals surface area contributed by atoms with Crippen LogP contribution in [-0.2, 0) is 0 Å². The third-order valence-corrected chi connectivity index (χ3v) is 3.21. The number of hydrogen-bond donors (Lipinski definition) is 0. The number of imidazole rings is 1. The van der Waals surface area contributed by atoms with Crippen LogP contribution in [-0.4, -0.2) is 28.8 Å². The zero-order chi connectivity index (χ0) is 14.1. The molecule has 0 fully saturated rings. The van der Waals surface area contributed by atoms with Crippen molar-refractivity contribution in [1.29, 1.82) is 0 Å². The Hall–Kier alpha value is -2.27. The van der Waals surface area contributed by atoms with E-state index in [1.807, 2.05) is 24.3 Å². The molecule has 0 N–H and O–H groups in total. The molecule has 0 spiro atoms. The molecule has 0 amide bonds. The molecule has 5 nitrogen and oxygen atoms in total. The molecule has 0 radical (unpaired) electrons. The van der Waals surface area contributed by atoms with Crippen molar-refractivity contribution in [2.24, 2.45) is 0 Å². The first-order valence-electron chi connectivity index (χ1n) is 5.95. The van der Waals surface area contributed by atoms with E-state index in [1.54, 1.807) is 31.0 Å². The SMILES string of the molecule is COc1ccc(-c2cnc3ccc(Cl)nn23)cc1OC. The normalized spacial score (nSPS) is 10.8. The summed E-state index contributed by atoms with van der Waals surface area (Å²) in [5.41, 5.74) is 2.49. The molecule has 3 aromatic rings. The summed E-state index contributed by atoms with van der Waals surface area (Å²) in [5, 5.41) is 4.67. The van der Waals surface area contributed by atoms with Crippen molar-refractivity contribution >= 4 is 17.2 Å². The molecule has 2 heterocycles. The Bertz CT molecular complexity index is 770. The summed E-state index contributed by atoms with van der Waals surface area (Å²) in [7, 11) is 3.21. The summed E-state index contributed by atoms with van der Waals surface area (Å²) in [6, 6.07) is 9.18. The van der Waals surface area contributed by atoms with Crippen LogP contribution in [0.15, 0.2) is 36.5 Å². The number of benzene rings is 1. The van der Waals surface area contributed by atoms with Gasteiger partial charge in [-0.25, -0.2) is 9.50 Å². The van der Waals surface area contributed by atoms with E-state index in [9.17, 15) is 0 Å². The number of nitrogens with zero attached hydrogens (tertiary/aromatic N) is 3. The highest BCUT2D eigenvalue weighted by Crippen LogP contribution is 2.32. The van der Waals surface area contributed by atoms with Gasteiger partial charge < -0.3 is 9.47 Å². The van der Waals surface area contributed by atoms with Gasteiger partial charge in [-0.2, -0.15) is 5.10 Å². The van der Waals surface area contributed by atoms with Crippen LogP contribution in [0.4, 0.5) is 0 Å². The first-order chi connectivity index (χ1) is 9.72. The van der Waals surface area contributed by atoms with Crippen LogP contribution in [0, 0.1) is 0 Å². The van der Waals surface area contributed by atoms with E-state index in [0.717, 1.165) is 16.9 Å². The molecule has 0 unspecified atom stereocenters. The van der Waals surface area contributed by atoms with E-state index >= 15 is 0 Å². The van der Waals surface area contributed by atoms with Crippen LogP contribution < -0.4 is 9.47 Å². The van der Waals surface area contributed by atoms with E-state index in [2.05, 4.69) is 10.1 Å². The van der Waals surface area contributed by atoms with Crippen molar-refractivity contribution in [3.63, 3.8) is 0 Å². The molecule has 3 rings (SSSR count).